The van der Waals surface area contributed by atoms with Crippen LogP contribution in [0.25, 0.3) is 0 Å². The molecule has 6 heteroatoms. The van der Waals surface area contributed by atoms with E-state index < -0.39 is 0 Å². The van der Waals surface area contributed by atoms with E-state index in [9.17, 15) is 5.26 Å². The van der Waals surface area contributed by atoms with Gasteiger partial charge < -0.3 is 14.5 Å². The van der Waals surface area contributed by atoms with Gasteiger partial charge in [-0.25, -0.2) is 4.98 Å². The zero-order valence-electron chi connectivity index (χ0n) is 13.2. The first-order valence-electron chi connectivity index (χ1n) is 7.75. The van der Waals surface area contributed by atoms with Crippen LogP contribution in [0.4, 0.5) is 5.82 Å². The highest BCUT2D eigenvalue weighted by molar-refractivity contribution is 5.51. The molecule has 3 heterocycles. The van der Waals surface area contributed by atoms with E-state index in [1.54, 1.807) is 18.3 Å². The van der Waals surface area contributed by atoms with Crippen molar-refractivity contribution < 1.29 is 9.15 Å². The van der Waals surface area contributed by atoms with Gasteiger partial charge in [-0.05, 0) is 31.2 Å². The van der Waals surface area contributed by atoms with Crippen LogP contribution in [0.1, 0.15) is 23.1 Å². The Labute approximate surface area is 135 Å². The molecule has 0 spiro atoms. The first-order chi connectivity index (χ1) is 11.3. The summed E-state index contributed by atoms with van der Waals surface area (Å²) >= 11 is 0. The number of hydrogen-bond acceptors (Lipinski definition) is 6. The van der Waals surface area contributed by atoms with E-state index in [4.69, 9.17) is 9.15 Å². The fourth-order valence-corrected chi connectivity index (χ4v) is 2.76. The van der Waals surface area contributed by atoms with E-state index in [1.165, 1.54) is 0 Å². The summed E-state index contributed by atoms with van der Waals surface area (Å²) in [5.74, 6) is 2.43. The maximum atomic E-state index is 9.18. The Kier molecular flexibility index (Phi) is 4.91. The highest BCUT2D eigenvalue weighted by Gasteiger charge is 2.25. The number of anilines is 1. The topological polar surface area (TPSA) is 74.3 Å². The fraction of sp³-hybridized carbons (Fsp3) is 0.412. The van der Waals surface area contributed by atoms with Crippen LogP contribution in [-0.2, 0) is 4.74 Å². The molecule has 2 aromatic rings. The van der Waals surface area contributed by atoms with Gasteiger partial charge in [-0.1, -0.05) is 0 Å². The Bertz CT molecular complexity index is 686. The third kappa shape index (κ3) is 3.70. The molecular weight excluding hydrogens is 292 g/mol. The van der Waals surface area contributed by atoms with E-state index in [1.807, 2.05) is 19.1 Å². The summed E-state index contributed by atoms with van der Waals surface area (Å²) in [5, 5.41) is 12.5. The van der Waals surface area contributed by atoms with Crippen molar-refractivity contribution in [1.82, 2.24) is 9.88 Å². The number of rotatable bonds is 5. The molecule has 1 saturated heterocycles. The van der Waals surface area contributed by atoms with Gasteiger partial charge >= 0.3 is 0 Å². The van der Waals surface area contributed by atoms with Gasteiger partial charge in [0, 0.05) is 25.8 Å². The lowest BCUT2D eigenvalue weighted by molar-refractivity contribution is 0.0143. The van der Waals surface area contributed by atoms with Gasteiger partial charge in [0.25, 0.3) is 0 Å². The summed E-state index contributed by atoms with van der Waals surface area (Å²) in [6.45, 7) is 5.74. The molecule has 1 fully saturated rings. The first kappa shape index (κ1) is 15.5. The predicted molar refractivity (Wildman–Crippen MR) is 86.0 cm³/mol. The van der Waals surface area contributed by atoms with Crippen LogP contribution in [0.5, 0.6) is 0 Å². The molecule has 120 valence electrons. The third-order valence-electron chi connectivity index (χ3n) is 3.97. The monoisotopic (exact) mass is 312 g/mol. The molecule has 2 aromatic heterocycles. The van der Waals surface area contributed by atoms with Gasteiger partial charge in [-0.2, -0.15) is 5.26 Å². The van der Waals surface area contributed by atoms with Crippen molar-refractivity contribution in [3.63, 3.8) is 0 Å². The number of hydrogen-bond donors (Lipinski definition) is 1. The van der Waals surface area contributed by atoms with E-state index >= 15 is 0 Å². The Balaban J connectivity index is 1.77. The molecule has 0 aromatic carbocycles. The number of morpholine rings is 1. The fourth-order valence-electron chi connectivity index (χ4n) is 2.76. The second-order valence-electron chi connectivity index (χ2n) is 5.50. The second-order valence-corrected chi connectivity index (χ2v) is 5.50. The Morgan fingerprint density at radius 1 is 1.35 bits per heavy atom. The SMILES string of the molecule is Cc1ccc(C(CNc2ncccc2C#N)N2CCOCC2)o1. The number of pyridine rings is 1. The number of aromatic nitrogens is 1. The summed E-state index contributed by atoms with van der Waals surface area (Å²) in [6.07, 6.45) is 1.68. The molecule has 0 radical (unpaired) electrons. The standard InChI is InChI=1S/C17H20N4O2/c1-13-4-5-16(23-13)15(21-7-9-22-10-8-21)12-20-17-14(11-18)3-2-6-19-17/h2-6,15H,7-10,12H2,1H3,(H,19,20). The minimum absolute atomic E-state index is 0.0844. The third-order valence-corrected chi connectivity index (χ3v) is 3.97. The minimum Gasteiger partial charge on any atom is -0.465 e. The molecule has 0 bridgehead atoms. The molecule has 1 atom stereocenters. The van der Waals surface area contributed by atoms with Crippen molar-refractivity contribution in [2.45, 2.75) is 13.0 Å². The van der Waals surface area contributed by atoms with Crippen molar-refractivity contribution in [3.8, 4) is 6.07 Å². The lowest BCUT2D eigenvalue weighted by Gasteiger charge is -2.33. The van der Waals surface area contributed by atoms with Gasteiger partial charge in [-0.15, -0.1) is 0 Å². The lowest BCUT2D eigenvalue weighted by atomic mass is 10.1. The number of furan rings is 1. The van der Waals surface area contributed by atoms with Crippen LogP contribution >= 0.6 is 0 Å². The molecule has 1 unspecified atom stereocenters. The molecule has 1 aliphatic heterocycles. The number of nitrogens with one attached hydrogen (secondary N) is 1. The summed E-state index contributed by atoms with van der Waals surface area (Å²) in [4.78, 5) is 6.60. The van der Waals surface area contributed by atoms with E-state index in [2.05, 4.69) is 21.3 Å². The predicted octanol–water partition coefficient (Wildman–Crippen LogP) is 2.34. The summed E-state index contributed by atoms with van der Waals surface area (Å²) in [7, 11) is 0. The maximum absolute atomic E-state index is 9.18. The van der Waals surface area contributed by atoms with E-state index in [0.29, 0.717) is 17.9 Å². The maximum Gasteiger partial charge on any atom is 0.143 e. The quantitative estimate of drug-likeness (QED) is 0.913. The highest BCUT2D eigenvalue weighted by atomic mass is 16.5. The van der Waals surface area contributed by atoms with Crippen molar-refractivity contribution in [1.29, 1.82) is 5.26 Å². The van der Waals surface area contributed by atoms with Gasteiger partial charge in [0.2, 0.25) is 0 Å². The summed E-state index contributed by atoms with van der Waals surface area (Å²) in [6, 6.07) is 9.76. The average Bonchev–Trinajstić information content (AvgIpc) is 3.02. The van der Waals surface area contributed by atoms with Crippen molar-refractivity contribution >= 4 is 5.82 Å². The molecule has 3 rings (SSSR count). The molecule has 0 amide bonds. The summed E-state index contributed by atoms with van der Waals surface area (Å²) in [5.41, 5.74) is 0.545. The van der Waals surface area contributed by atoms with Crippen LogP contribution in [0.2, 0.25) is 0 Å². The van der Waals surface area contributed by atoms with Gasteiger partial charge in [0.1, 0.15) is 23.4 Å². The van der Waals surface area contributed by atoms with Crippen LogP contribution in [0.15, 0.2) is 34.9 Å². The molecule has 6 nitrogen and oxygen atoms in total. The molecule has 0 saturated carbocycles. The number of ether oxygens (including phenoxy) is 1. The Hall–Kier alpha value is -2.36. The number of nitrogens with zero attached hydrogens (tertiary/aromatic N) is 3. The molecule has 1 N–H and O–H groups in total. The summed E-state index contributed by atoms with van der Waals surface area (Å²) < 4.78 is 11.3. The van der Waals surface area contributed by atoms with Gasteiger partial charge in [0.05, 0.1) is 24.8 Å². The average molecular weight is 312 g/mol. The molecule has 23 heavy (non-hydrogen) atoms. The zero-order valence-corrected chi connectivity index (χ0v) is 13.2. The smallest absolute Gasteiger partial charge is 0.143 e. The molecule has 0 aliphatic carbocycles. The second kappa shape index (κ2) is 7.27. The minimum atomic E-state index is 0.0844. The van der Waals surface area contributed by atoms with E-state index in [-0.39, 0.29) is 6.04 Å². The largest absolute Gasteiger partial charge is 0.465 e. The van der Waals surface area contributed by atoms with Crippen LogP contribution < -0.4 is 5.32 Å². The van der Waals surface area contributed by atoms with Gasteiger partial charge in [0.15, 0.2) is 0 Å². The first-order valence-corrected chi connectivity index (χ1v) is 7.75. The highest BCUT2D eigenvalue weighted by Crippen LogP contribution is 2.24. The van der Waals surface area contributed by atoms with E-state index in [0.717, 1.165) is 37.8 Å². The molecule has 1 aliphatic rings. The lowest BCUT2D eigenvalue weighted by Crippen LogP contribution is -2.41. The normalized spacial score (nSPS) is 16.7. The van der Waals surface area contributed by atoms with Crippen molar-refractivity contribution in [3.05, 3.63) is 47.5 Å². The van der Waals surface area contributed by atoms with Crippen LogP contribution in [0, 0.1) is 18.3 Å². The van der Waals surface area contributed by atoms with Gasteiger partial charge in [-0.3, -0.25) is 4.90 Å². The van der Waals surface area contributed by atoms with Crippen LogP contribution in [0.3, 0.4) is 0 Å². The number of aryl methyl sites for hydroxylation is 1. The van der Waals surface area contributed by atoms with Crippen molar-refractivity contribution in [2.75, 3.05) is 38.2 Å². The Morgan fingerprint density at radius 3 is 2.87 bits per heavy atom. The molecular formula is C17H20N4O2. The zero-order chi connectivity index (χ0) is 16.1. The number of nitriles is 1. The van der Waals surface area contributed by atoms with Crippen molar-refractivity contribution in [2.24, 2.45) is 0 Å². The van der Waals surface area contributed by atoms with Crippen LogP contribution in [-0.4, -0.2) is 42.7 Å². The Morgan fingerprint density at radius 2 is 2.17 bits per heavy atom.